The van der Waals surface area contributed by atoms with E-state index < -0.39 is 0 Å². The van der Waals surface area contributed by atoms with E-state index in [-0.39, 0.29) is 18.7 Å². The third-order valence-corrected chi connectivity index (χ3v) is 5.03. The van der Waals surface area contributed by atoms with Gasteiger partial charge in [0.25, 0.3) is 0 Å². The molecule has 0 N–H and O–H groups in total. The van der Waals surface area contributed by atoms with E-state index in [0.717, 1.165) is 51.5 Å². The minimum absolute atomic E-state index is 0.0810. The molecule has 0 aromatic heterocycles. The van der Waals surface area contributed by atoms with Gasteiger partial charge >= 0.3 is 5.97 Å². The molecule has 25 heavy (non-hydrogen) atoms. The maximum Gasteiger partial charge on any atom is 0.335 e. The Morgan fingerprint density at radius 3 is 2.56 bits per heavy atom. The molecule has 3 aliphatic rings. The van der Waals surface area contributed by atoms with Crippen molar-refractivity contribution in [2.45, 2.75) is 6.42 Å². The number of ether oxygens (including phenoxy) is 4. The Morgan fingerprint density at radius 1 is 1.04 bits per heavy atom. The van der Waals surface area contributed by atoms with Gasteiger partial charge in [0.05, 0.1) is 19.3 Å². The molecule has 1 unspecified atom stereocenters. The molecule has 2 heterocycles. The van der Waals surface area contributed by atoms with Crippen molar-refractivity contribution in [2.75, 3.05) is 20.5 Å². The van der Waals surface area contributed by atoms with Crippen molar-refractivity contribution < 1.29 is 23.7 Å². The highest BCUT2D eigenvalue weighted by atomic mass is 16.7. The smallest absolute Gasteiger partial charge is 0.335 e. The van der Waals surface area contributed by atoms with Gasteiger partial charge in [-0.15, -0.1) is 0 Å². The molecule has 0 amide bonds. The molecule has 1 fully saturated rings. The number of carbonyl (C=O) groups excluding carboxylic acids is 1. The van der Waals surface area contributed by atoms with Crippen LogP contribution >= 0.6 is 0 Å². The van der Waals surface area contributed by atoms with Crippen LogP contribution < -0.4 is 14.2 Å². The summed E-state index contributed by atoms with van der Waals surface area (Å²) in [5.41, 5.74) is 4.83. The second-order valence-corrected chi connectivity index (χ2v) is 6.38. The molecule has 0 radical (unpaired) electrons. The van der Waals surface area contributed by atoms with Crippen molar-refractivity contribution in [3.05, 3.63) is 58.7 Å². The number of cyclic esters (lactones) is 1. The predicted molar refractivity (Wildman–Crippen MR) is 89.7 cm³/mol. The first-order valence-electron chi connectivity index (χ1n) is 8.23. The van der Waals surface area contributed by atoms with Crippen LogP contribution in [0.4, 0.5) is 0 Å². The van der Waals surface area contributed by atoms with Gasteiger partial charge in [0, 0.05) is 11.5 Å². The van der Waals surface area contributed by atoms with Gasteiger partial charge in [-0.05, 0) is 47.4 Å². The molecule has 5 heteroatoms. The van der Waals surface area contributed by atoms with Gasteiger partial charge in [0.15, 0.2) is 11.5 Å². The molecule has 2 aromatic rings. The van der Waals surface area contributed by atoms with Gasteiger partial charge in [-0.25, -0.2) is 4.79 Å². The summed E-state index contributed by atoms with van der Waals surface area (Å²) < 4.78 is 21.7. The minimum Gasteiger partial charge on any atom is -0.497 e. The van der Waals surface area contributed by atoms with Gasteiger partial charge in [-0.1, -0.05) is 12.1 Å². The molecule has 0 saturated carbocycles. The number of benzene rings is 2. The second-order valence-electron chi connectivity index (χ2n) is 6.38. The topological polar surface area (TPSA) is 54.0 Å². The maximum absolute atomic E-state index is 12.4. The zero-order valence-corrected chi connectivity index (χ0v) is 13.7. The van der Waals surface area contributed by atoms with Gasteiger partial charge in [0.1, 0.15) is 5.75 Å². The van der Waals surface area contributed by atoms with Crippen molar-refractivity contribution in [1.29, 1.82) is 0 Å². The number of esters is 1. The highest BCUT2D eigenvalue weighted by Gasteiger charge is 2.39. The number of methoxy groups -OCH3 is 1. The zero-order chi connectivity index (χ0) is 17.0. The van der Waals surface area contributed by atoms with E-state index in [1.54, 1.807) is 7.11 Å². The molecular formula is C20H16O5. The Labute approximate surface area is 144 Å². The fraction of sp³-hybridized carbons (Fsp3) is 0.250. The highest BCUT2D eigenvalue weighted by molar-refractivity contribution is 6.05. The largest absolute Gasteiger partial charge is 0.497 e. The first-order valence-corrected chi connectivity index (χ1v) is 8.23. The summed E-state index contributed by atoms with van der Waals surface area (Å²) in [6.07, 6.45) is 0.771. The Balaban J connectivity index is 1.74. The van der Waals surface area contributed by atoms with Gasteiger partial charge in [-0.3, -0.25) is 0 Å². The van der Waals surface area contributed by atoms with Crippen LogP contribution in [-0.4, -0.2) is 26.5 Å². The summed E-state index contributed by atoms with van der Waals surface area (Å²) in [5.74, 6) is 2.12. The molecule has 126 valence electrons. The van der Waals surface area contributed by atoms with Crippen LogP contribution in [0.3, 0.4) is 0 Å². The lowest BCUT2D eigenvalue weighted by molar-refractivity contribution is -0.135. The fourth-order valence-electron chi connectivity index (χ4n) is 3.84. The Hall–Kier alpha value is -2.95. The van der Waals surface area contributed by atoms with Crippen LogP contribution in [-0.2, 0) is 16.0 Å². The molecule has 0 spiro atoms. The van der Waals surface area contributed by atoms with E-state index in [9.17, 15) is 4.79 Å². The maximum atomic E-state index is 12.4. The van der Waals surface area contributed by atoms with E-state index in [4.69, 9.17) is 18.9 Å². The summed E-state index contributed by atoms with van der Waals surface area (Å²) in [4.78, 5) is 12.4. The lowest BCUT2D eigenvalue weighted by Crippen LogP contribution is -2.17. The number of hydrogen-bond donors (Lipinski definition) is 0. The third kappa shape index (κ3) is 2.12. The van der Waals surface area contributed by atoms with Crippen LogP contribution in [0, 0.1) is 5.92 Å². The summed E-state index contributed by atoms with van der Waals surface area (Å²) in [6.45, 7) is 0.667. The van der Waals surface area contributed by atoms with Crippen molar-refractivity contribution >= 4 is 11.5 Å². The number of carbonyl (C=O) groups is 1. The number of rotatable bonds is 2. The van der Waals surface area contributed by atoms with Gasteiger partial charge in [0.2, 0.25) is 6.79 Å². The second kappa shape index (κ2) is 5.28. The Morgan fingerprint density at radius 2 is 1.80 bits per heavy atom. The van der Waals surface area contributed by atoms with E-state index >= 15 is 0 Å². The average Bonchev–Trinajstić information content (AvgIpc) is 3.24. The monoisotopic (exact) mass is 336 g/mol. The van der Waals surface area contributed by atoms with Gasteiger partial charge < -0.3 is 18.9 Å². The summed E-state index contributed by atoms with van der Waals surface area (Å²) in [7, 11) is 1.64. The van der Waals surface area contributed by atoms with Crippen molar-refractivity contribution in [1.82, 2.24) is 0 Å². The molecule has 1 aliphatic carbocycles. The quantitative estimate of drug-likeness (QED) is 0.789. The molecular weight excluding hydrogens is 320 g/mol. The van der Waals surface area contributed by atoms with E-state index in [0.29, 0.717) is 6.61 Å². The lowest BCUT2D eigenvalue weighted by atomic mass is 9.77. The molecule has 2 aliphatic heterocycles. The van der Waals surface area contributed by atoms with Crippen LogP contribution in [0.25, 0.3) is 5.57 Å². The number of fused-ring (bicyclic) bond motifs is 3. The van der Waals surface area contributed by atoms with Crippen molar-refractivity contribution in [2.24, 2.45) is 5.92 Å². The SMILES string of the molecule is COc1ccc(C2=C3C(=O)OCC3Cc3cc4c(cc32)OCO4)cc1. The summed E-state index contributed by atoms with van der Waals surface area (Å²) in [6, 6.07) is 11.8. The van der Waals surface area contributed by atoms with Crippen LogP contribution in [0.1, 0.15) is 16.7 Å². The predicted octanol–water partition coefficient (Wildman–Crippen LogP) is 2.95. The van der Waals surface area contributed by atoms with E-state index in [1.165, 1.54) is 0 Å². The average molecular weight is 336 g/mol. The van der Waals surface area contributed by atoms with Crippen LogP contribution in [0.15, 0.2) is 42.0 Å². The lowest BCUT2D eigenvalue weighted by Gasteiger charge is -2.24. The fourth-order valence-corrected chi connectivity index (χ4v) is 3.84. The minimum atomic E-state index is -0.223. The molecule has 2 aromatic carbocycles. The first kappa shape index (κ1) is 14.4. The molecule has 5 nitrogen and oxygen atoms in total. The Bertz CT molecular complexity index is 910. The molecule has 1 saturated heterocycles. The first-order chi connectivity index (χ1) is 12.2. The summed E-state index contributed by atoms with van der Waals surface area (Å²) >= 11 is 0. The number of hydrogen-bond acceptors (Lipinski definition) is 5. The zero-order valence-electron chi connectivity index (χ0n) is 13.7. The Kier molecular flexibility index (Phi) is 3.04. The summed E-state index contributed by atoms with van der Waals surface area (Å²) in [5, 5.41) is 0. The standard InChI is InChI=1S/C20H16O5/c1-22-14-4-2-11(3-5-14)18-15-8-17-16(24-10-25-17)7-12(15)6-13-9-23-20(21)19(13)18/h2-5,7-8,13H,6,9-10H2,1H3. The van der Waals surface area contributed by atoms with Crippen molar-refractivity contribution in [3.63, 3.8) is 0 Å². The van der Waals surface area contributed by atoms with Gasteiger partial charge in [-0.2, -0.15) is 0 Å². The molecule has 0 bridgehead atoms. The van der Waals surface area contributed by atoms with Crippen molar-refractivity contribution in [3.8, 4) is 17.2 Å². The molecule has 5 rings (SSSR count). The van der Waals surface area contributed by atoms with Crippen LogP contribution in [0.5, 0.6) is 17.2 Å². The van der Waals surface area contributed by atoms with Crippen LogP contribution in [0.2, 0.25) is 0 Å². The third-order valence-electron chi connectivity index (χ3n) is 5.03. The highest BCUT2D eigenvalue weighted by Crippen LogP contribution is 2.46. The normalized spacial score (nSPS) is 20.2. The molecule has 1 atom stereocenters. The van der Waals surface area contributed by atoms with E-state index in [2.05, 4.69) is 0 Å². The van der Waals surface area contributed by atoms with E-state index in [1.807, 2.05) is 36.4 Å².